The van der Waals surface area contributed by atoms with E-state index < -0.39 is 23.0 Å². The van der Waals surface area contributed by atoms with Crippen molar-refractivity contribution in [2.45, 2.75) is 12.3 Å². The Morgan fingerprint density at radius 3 is 2.91 bits per heavy atom. The molecule has 1 atom stereocenters. The van der Waals surface area contributed by atoms with Crippen molar-refractivity contribution in [2.75, 3.05) is 13.1 Å². The first-order valence-corrected chi connectivity index (χ1v) is 10.0. The van der Waals surface area contributed by atoms with Crippen LogP contribution >= 0.6 is 11.6 Å². The number of hydrogen-bond acceptors (Lipinski definition) is 6. The van der Waals surface area contributed by atoms with Gasteiger partial charge < -0.3 is 15.2 Å². The Kier molecular flexibility index (Phi) is 5.79. The smallest absolute Gasteiger partial charge is 0.273 e. The van der Waals surface area contributed by atoms with E-state index in [9.17, 15) is 13.6 Å². The SMILES string of the molecule is Cn1cc(C(C)(CNC(=O)c2cc(C3=C(F)C=C(F)CN3)on2)c2cccc(Cl)n2)cn1. The molecule has 3 aromatic rings. The molecule has 1 amide bonds. The first-order chi connectivity index (χ1) is 15.3. The number of nitrogens with one attached hydrogen (secondary N) is 2. The van der Waals surface area contributed by atoms with Crippen LogP contribution in [0.2, 0.25) is 5.15 Å². The molecule has 11 heteroatoms. The Morgan fingerprint density at radius 1 is 1.41 bits per heavy atom. The van der Waals surface area contributed by atoms with Crippen LogP contribution in [0.5, 0.6) is 0 Å². The standard InChI is InChI=1S/C21H19ClF2N6O2/c1-21(12-8-27-30(2)10-12,17-4-3-5-18(22)28-17)11-26-20(31)15-7-16(32-29-15)19-14(24)6-13(23)9-25-19/h3-8,10,25H,9,11H2,1-2H3,(H,26,31). The zero-order chi connectivity index (χ0) is 22.9. The highest BCUT2D eigenvalue weighted by Crippen LogP contribution is 2.31. The molecule has 0 saturated carbocycles. The Morgan fingerprint density at radius 2 is 2.22 bits per heavy atom. The number of dihydropyridines is 1. The molecular formula is C21H19ClF2N6O2. The van der Waals surface area contributed by atoms with Crippen LogP contribution in [0.4, 0.5) is 8.78 Å². The lowest BCUT2D eigenvalue weighted by Crippen LogP contribution is -2.40. The topological polar surface area (TPSA) is 97.9 Å². The number of rotatable bonds is 6. The highest BCUT2D eigenvalue weighted by Gasteiger charge is 2.33. The summed E-state index contributed by atoms with van der Waals surface area (Å²) in [5.74, 6) is -2.03. The van der Waals surface area contributed by atoms with E-state index in [1.807, 2.05) is 19.2 Å². The molecule has 0 aliphatic carbocycles. The van der Waals surface area contributed by atoms with Gasteiger partial charge in [-0.15, -0.1) is 0 Å². The Bertz CT molecular complexity index is 1230. The van der Waals surface area contributed by atoms with E-state index in [2.05, 4.69) is 25.9 Å². The molecule has 0 radical (unpaired) electrons. The van der Waals surface area contributed by atoms with Gasteiger partial charge in [-0.05, 0) is 19.1 Å². The number of hydrogen-bond donors (Lipinski definition) is 2. The predicted molar refractivity (Wildman–Crippen MR) is 113 cm³/mol. The molecule has 0 fully saturated rings. The van der Waals surface area contributed by atoms with Gasteiger partial charge in [-0.1, -0.05) is 22.8 Å². The Labute approximate surface area is 186 Å². The third kappa shape index (κ3) is 4.26. The number of carbonyl (C=O) groups is 1. The number of aryl methyl sites for hydroxylation is 1. The molecule has 1 aliphatic heterocycles. The van der Waals surface area contributed by atoms with Crippen LogP contribution < -0.4 is 10.6 Å². The maximum atomic E-state index is 14.0. The van der Waals surface area contributed by atoms with Gasteiger partial charge in [0.05, 0.1) is 23.9 Å². The third-order valence-electron chi connectivity index (χ3n) is 5.17. The lowest BCUT2D eigenvalue weighted by atomic mass is 9.80. The maximum Gasteiger partial charge on any atom is 0.273 e. The number of allylic oxidation sites excluding steroid dienone is 2. The summed E-state index contributed by atoms with van der Waals surface area (Å²) in [5.41, 5.74) is 0.601. The van der Waals surface area contributed by atoms with Crippen molar-refractivity contribution >= 4 is 23.2 Å². The van der Waals surface area contributed by atoms with Crippen molar-refractivity contribution in [3.63, 3.8) is 0 Å². The van der Waals surface area contributed by atoms with Gasteiger partial charge in [0.15, 0.2) is 17.3 Å². The van der Waals surface area contributed by atoms with E-state index in [4.69, 9.17) is 16.1 Å². The van der Waals surface area contributed by atoms with E-state index in [1.54, 1.807) is 30.1 Å². The molecular weight excluding hydrogens is 442 g/mol. The second-order valence-corrected chi connectivity index (χ2v) is 7.89. The second-order valence-electron chi connectivity index (χ2n) is 7.51. The third-order valence-corrected chi connectivity index (χ3v) is 5.38. The van der Waals surface area contributed by atoms with E-state index in [0.29, 0.717) is 10.8 Å². The molecule has 0 spiro atoms. The van der Waals surface area contributed by atoms with Gasteiger partial charge in [0.2, 0.25) is 0 Å². The van der Waals surface area contributed by atoms with E-state index in [-0.39, 0.29) is 30.2 Å². The van der Waals surface area contributed by atoms with Crippen LogP contribution in [-0.2, 0) is 12.5 Å². The largest absolute Gasteiger partial charge is 0.373 e. The quantitative estimate of drug-likeness (QED) is 0.548. The fourth-order valence-electron chi connectivity index (χ4n) is 3.33. The minimum Gasteiger partial charge on any atom is -0.373 e. The fourth-order valence-corrected chi connectivity index (χ4v) is 3.50. The zero-order valence-corrected chi connectivity index (χ0v) is 18.0. The molecule has 1 aliphatic rings. The normalized spacial score (nSPS) is 15.7. The lowest BCUT2D eigenvalue weighted by Gasteiger charge is -2.28. The van der Waals surface area contributed by atoms with Crippen molar-refractivity contribution in [1.29, 1.82) is 0 Å². The highest BCUT2D eigenvalue weighted by molar-refractivity contribution is 6.29. The highest BCUT2D eigenvalue weighted by atomic mass is 35.5. The van der Waals surface area contributed by atoms with Gasteiger partial charge in [0.25, 0.3) is 5.91 Å². The lowest BCUT2D eigenvalue weighted by molar-refractivity contribution is 0.0938. The zero-order valence-electron chi connectivity index (χ0n) is 17.2. The second kappa shape index (κ2) is 8.54. The van der Waals surface area contributed by atoms with E-state index >= 15 is 0 Å². The number of halogens is 3. The molecule has 166 valence electrons. The maximum absolute atomic E-state index is 14.0. The van der Waals surface area contributed by atoms with E-state index in [0.717, 1.165) is 11.6 Å². The predicted octanol–water partition coefficient (Wildman–Crippen LogP) is 3.29. The summed E-state index contributed by atoms with van der Waals surface area (Å²) in [4.78, 5) is 17.2. The van der Waals surface area contributed by atoms with Gasteiger partial charge in [-0.3, -0.25) is 9.48 Å². The van der Waals surface area contributed by atoms with Gasteiger partial charge in [-0.25, -0.2) is 13.8 Å². The van der Waals surface area contributed by atoms with Crippen LogP contribution in [0.25, 0.3) is 5.70 Å². The summed E-state index contributed by atoms with van der Waals surface area (Å²) in [6.45, 7) is 1.88. The van der Waals surface area contributed by atoms with Gasteiger partial charge in [-0.2, -0.15) is 5.10 Å². The van der Waals surface area contributed by atoms with Crippen molar-refractivity contribution in [1.82, 2.24) is 30.6 Å². The summed E-state index contributed by atoms with van der Waals surface area (Å²) in [7, 11) is 1.79. The number of carbonyl (C=O) groups excluding carboxylic acids is 1. The van der Waals surface area contributed by atoms with Crippen molar-refractivity contribution < 1.29 is 18.1 Å². The van der Waals surface area contributed by atoms with Gasteiger partial charge in [0, 0.05) is 37.5 Å². The van der Waals surface area contributed by atoms with Crippen molar-refractivity contribution in [3.8, 4) is 0 Å². The summed E-state index contributed by atoms with van der Waals surface area (Å²) in [6.07, 6.45) is 4.28. The molecule has 0 saturated heterocycles. The van der Waals surface area contributed by atoms with Crippen LogP contribution in [0, 0.1) is 0 Å². The van der Waals surface area contributed by atoms with Crippen LogP contribution in [0.3, 0.4) is 0 Å². The molecule has 0 aromatic carbocycles. The monoisotopic (exact) mass is 460 g/mol. The Balaban J connectivity index is 1.56. The minimum absolute atomic E-state index is 0.0112. The summed E-state index contributed by atoms with van der Waals surface area (Å²) in [6, 6.07) is 6.55. The number of nitrogens with zero attached hydrogens (tertiary/aromatic N) is 4. The fraction of sp³-hybridized carbons (Fsp3) is 0.238. The van der Waals surface area contributed by atoms with Crippen molar-refractivity contribution in [2.24, 2.45) is 7.05 Å². The number of aromatic nitrogens is 4. The molecule has 3 aromatic heterocycles. The summed E-state index contributed by atoms with van der Waals surface area (Å²) < 4.78 is 33.9. The molecule has 4 rings (SSSR count). The van der Waals surface area contributed by atoms with Crippen LogP contribution in [0.1, 0.15) is 34.4 Å². The summed E-state index contributed by atoms with van der Waals surface area (Å²) in [5, 5.41) is 13.6. The minimum atomic E-state index is -0.840. The molecule has 0 bridgehead atoms. The van der Waals surface area contributed by atoms with Crippen molar-refractivity contribution in [3.05, 3.63) is 82.3 Å². The molecule has 1 unspecified atom stereocenters. The number of pyridine rings is 1. The van der Waals surface area contributed by atoms with Gasteiger partial charge >= 0.3 is 0 Å². The molecule has 8 nitrogen and oxygen atoms in total. The Hall–Kier alpha value is -3.53. The van der Waals surface area contributed by atoms with Gasteiger partial charge in [0.1, 0.15) is 16.7 Å². The molecule has 4 heterocycles. The van der Waals surface area contributed by atoms with Crippen LogP contribution in [-0.4, -0.2) is 38.9 Å². The average molecular weight is 461 g/mol. The molecule has 2 N–H and O–H groups in total. The number of amides is 1. The summed E-state index contributed by atoms with van der Waals surface area (Å²) >= 11 is 6.09. The average Bonchev–Trinajstić information content (AvgIpc) is 3.41. The van der Waals surface area contributed by atoms with E-state index in [1.165, 1.54) is 6.07 Å². The van der Waals surface area contributed by atoms with Crippen LogP contribution in [0.15, 0.2) is 58.9 Å². The molecule has 32 heavy (non-hydrogen) atoms. The first-order valence-electron chi connectivity index (χ1n) is 9.63. The first kappa shape index (κ1) is 21.7.